The Balaban J connectivity index is 1.35. The zero-order valence-corrected chi connectivity index (χ0v) is 13.6. The molecule has 4 heterocycles. The standard InChI is InChI=1S/C18H18N4O3/c23-17(14-12-22-8-2-1-5-16(22)20-14)19-13-6-9-21(10-7-13)18(24)15-4-3-11-25-15/h1-5,8,11-13H,6-7,9-10H2,(H,19,23). The number of fused-ring (bicyclic) bond motifs is 1. The van der Waals surface area contributed by atoms with E-state index in [2.05, 4.69) is 10.3 Å². The van der Waals surface area contributed by atoms with E-state index in [-0.39, 0.29) is 17.9 Å². The Labute approximate surface area is 144 Å². The first-order valence-electron chi connectivity index (χ1n) is 8.28. The number of amides is 2. The number of aromatic nitrogens is 2. The van der Waals surface area contributed by atoms with Gasteiger partial charge < -0.3 is 19.0 Å². The first kappa shape index (κ1) is 15.4. The lowest BCUT2D eigenvalue weighted by Crippen LogP contribution is -2.46. The molecule has 3 aromatic rings. The summed E-state index contributed by atoms with van der Waals surface area (Å²) in [6.45, 7) is 1.19. The van der Waals surface area contributed by atoms with E-state index in [1.54, 1.807) is 23.2 Å². The van der Waals surface area contributed by atoms with Gasteiger partial charge in [-0.1, -0.05) is 6.07 Å². The van der Waals surface area contributed by atoms with Gasteiger partial charge in [-0.05, 0) is 37.1 Å². The third-order valence-corrected chi connectivity index (χ3v) is 4.45. The number of imidazole rings is 1. The van der Waals surface area contributed by atoms with Crippen LogP contribution in [0.5, 0.6) is 0 Å². The maximum Gasteiger partial charge on any atom is 0.289 e. The third-order valence-electron chi connectivity index (χ3n) is 4.45. The van der Waals surface area contributed by atoms with Gasteiger partial charge in [0.25, 0.3) is 11.8 Å². The Morgan fingerprint density at radius 3 is 2.72 bits per heavy atom. The minimum atomic E-state index is -0.181. The van der Waals surface area contributed by atoms with Crippen LogP contribution in [0.15, 0.2) is 53.4 Å². The van der Waals surface area contributed by atoms with Gasteiger partial charge in [-0.15, -0.1) is 0 Å². The summed E-state index contributed by atoms with van der Waals surface area (Å²) in [6, 6.07) is 9.04. The molecule has 0 bridgehead atoms. The van der Waals surface area contributed by atoms with Crippen molar-refractivity contribution in [1.29, 1.82) is 0 Å². The van der Waals surface area contributed by atoms with E-state index in [1.807, 2.05) is 28.8 Å². The van der Waals surface area contributed by atoms with Crippen molar-refractivity contribution in [3.63, 3.8) is 0 Å². The molecule has 3 aromatic heterocycles. The Morgan fingerprint density at radius 1 is 1.16 bits per heavy atom. The van der Waals surface area contributed by atoms with Crippen LogP contribution in [0.2, 0.25) is 0 Å². The van der Waals surface area contributed by atoms with Crippen LogP contribution in [0.3, 0.4) is 0 Å². The van der Waals surface area contributed by atoms with Crippen molar-refractivity contribution in [1.82, 2.24) is 19.6 Å². The lowest BCUT2D eigenvalue weighted by Gasteiger charge is -2.31. The predicted molar refractivity (Wildman–Crippen MR) is 90.3 cm³/mol. The number of rotatable bonds is 3. The number of hydrogen-bond donors (Lipinski definition) is 1. The molecule has 2 amide bonds. The van der Waals surface area contributed by atoms with Gasteiger partial charge >= 0.3 is 0 Å². The molecule has 0 unspecified atom stereocenters. The number of nitrogens with one attached hydrogen (secondary N) is 1. The van der Waals surface area contributed by atoms with Crippen molar-refractivity contribution in [3.8, 4) is 0 Å². The summed E-state index contributed by atoms with van der Waals surface area (Å²) in [5.41, 5.74) is 1.15. The van der Waals surface area contributed by atoms with Crippen molar-refractivity contribution in [2.45, 2.75) is 18.9 Å². The maximum absolute atomic E-state index is 12.4. The zero-order valence-electron chi connectivity index (χ0n) is 13.6. The highest BCUT2D eigenvalue weighted by atomic mass is 16.3. The van der Waals surface area contributed by atoms with Crippen LogP contribution >= 0.6 is 0 Å². The topological polar surface area (TPSA) is 79.9 Å². The van der Waals surface area contributed by atoms with Crippen LogP contribution in [0, 0.1) is 0 Å². The van der Waals surface area contributed by atoms with E-state index in [4.69, 9.17) is 4.42 Å². The molecule has 0 aromatic carbocycles. The highest BCUT2D eigenvalue weighted by Gasteiger charge is 2.26. The summed E-state index contributed by atoms with van der Waals surface area (Å²) >= 11 is 0. The molecule has 7 heteroatoms. The van der Waals surface area contributed by atoms with Crippen LogP contribution in [-0.2, 0) is 0 Å². The molecule has 128 valence electrons. The molecular weight excluding hydrogens is 320 g/mol. The summed E-state index contributed by atoms with van der Waals surface area (Å²) in [5.74, 6) is 0.0711. The van der Waals surface area contributed by atoms with Crippen LogP contribution < -0.4 is 5.32 Å². The van der Waals surface area contributed by atoms with Crippen molar-refractivity contribution >= 4 is 17.5 Å². The van der Waals surface area contributed by atoms with Gasteiger partial charge in [0.2, 0.25) is 0 Å². The van der Waals surface area contributed by atoms with E-state index in [0.29, 0.717) is 37.4 Å². The Hall–Kier alpha value is -3.09. The lowest BCUT2D eigenvalue weighted by molar-refractivity contribution is 0.0667. The second kappa shape index (κ2) is 6.43. The predicted octanol–water partition coefficient (Wildman–Crippen LogP) is 1.96. The van der Waals surface area contributed by atoms with E-state index in [9.17, 15) is 9.59 Å². The van der Waals surface area contributed by atoms with Gasteiger partial charge in [0.05, 0.1) is 6.26 Å². The molecule has 4 rings (SSSR count). The van der Waals surface area contributed by atoms with Crippen molar-refractivity contribution in [2.24, 2.45) is 0 Å². The number of carbonyl (C=O) groups is 2. The number of carbonyl (C=O) groups excluding carboxylic acids is 2. The van der Waals surface area contributed by atoms with Gasteiger partial charge in [-0.25, -0.2) is 4.98 Å². The van der Waals surface area contributed by atoms with Gasteiger partial charge in [0.1, 0.15) is 11.3 Å². The number of nitrogens with zero attached hydrogens (tertiary/aromatic N) is 3. The number of pyridine rings is 1. The fourth-order valence-electron chi connectivity index (χ4n) is 3.09. The first-order chi connectivity index (χ1) is 12.2. The van der Waals surface area contributed by atoms with Crippen LogP contribution in [0.25, 0.3) is 5.65 Å². The lowest BCUT2D eigenvalue weighted by atomic mass is 10.0. The summed E-state index contributed by atoms with van der Waals surface area (Å²) in [7, 11) is 0. The maximum atomic E-state index is 12.4. The molecule has 25 heavy (non-hydrogen) atoms. The Morgan fingerprint density at radius 2 is 2.00 bits per heavy atom. The highest BCUT2D eigenvalue weighted by molar-refractivity contribution is 5.93. The van der Waals surface area contributed by atoms with E-state index in [0.717, 1.165) is 5.65 Å². The van der Waals surface area contributed by atoms with Crippen LogP contribution in [-0.4, -0.2) is 45.2 Å². The number of piperidine rings is 1. The quantitative estimate of drug-likeness (QED) is 0.792. The molecule has 1 saturated heterocycles. The fraction of sp³-hybridized carbons (Fsp3) is 0.278. The molecule has 7 nitrogen and oxygen atoms in total. The SMILES string of the molecule is O=C(NC1CCN(C(=O)c2ccco2)CC1)c1cn2ccccc2n1. The molecule has 1 aliphatic heterocycles. The number of furan rings is 1. The summed E-state index contributed by atoms with van der Waals surface area (Å²) in [4.78, 5) is 30.7. The Kier molecular flexibility index (Phi) is 3.97. The largest absolute Gasteiger partial charge is 0.459 e. The van der Waals surface area contributed by atoms with Crippen molar-refractivity contribution < 1.29 is 14.0 Å². The molecule has 1 N–H and O–H groups in total. The summed E-state index contributed by atoms with van der Waals surface area (Å²) in [5, 5.41) is 3.01. The smallest absolute Gasteiger partial charge is 0.289 e. The molecular formula is C18H18N4O3. The van der Waals surface area contributed by atoms with Gasteiger partial charge in [-0.2, -0.15) is 0 Å². The molecule has 0 radical (unpaired) electrons. The van der Waals surface area contributed by atoms with E-state index < -0.39 is 0 Å². The molecule has 1 aliphatic rings. The van der Waals surface area contributed by atoms with Crippen molar-refractivity contribution in [2.75, 3.05) is 13.1 Å². The van der Waals surface area contributed by atoms with Crippen LogP contribution in [0.4, 0.5) is 0 Å². The third kappa shape index (κ3) is 3.13. The average molecular weight is 338 g/mol. The monoisotopic (exact) mass is 338 g/mol. The van der Waals surface area contributed by atoms with E-state index >= 15 is 0 Å². The first-order valence-corrected chi connectivity index (χ1v) is 8.28. The van der Waals surface area contributed by atoms with Gasteiger partial charge in [-0.3, -0.25) is 9.59 Å². The van der Waals surface area contributed by atoms with E-state index in [1.165, 1.54) is 6.26 Å². The fourth-order valence-corrected chi connectivity index (χ4v) is 3.09. The summed E-state index contributed by atoms with van der Waals surface area (Å²) in [6.07, 6.45) is 6.50. The van der Waals surface area contributed by atoms with Crippen molar-refractivity contribution in [3.05, 3.63) is 60.4 Å². The van der Waals surface area contributed by atoms with Gasteiger partial charge in [0.15, 0.2) is 5.76 Å². The average Bonchev–Trinajstić information content (AvgIpc) is 3.31. The normalized spacial score (nSPS) is 15.4. The second-order valence-corrected chi connectivity index (χ2v) is 6.11. The minimum Gasteiger partial charge on any atom is -0.459 e. The molecule has 0 aliphatic carbocycles. The molecule has 0 atom stereocenters. The highest BCUT2D eigenvalue weighted by Crippen LogP contribution is 2.15. The minimum absolute atomic E-state index is 0.0398. The van der Waals surface area contributed by atoms with Crippen LogP contribution in [0.1, 0.15) is 33.9 Å². The Bertz CT molecular complexity index is 859. The zero-order chi connectivity index (χ0) is 17.2. The molecule has 1 fully saturated rings. The number of likely N-dealkylation sites (tertiary alicyclic amines) is 1. The van der Waals surface area contributed by atoms with Gasteiger partial charge in [0, 0.05) is 31.5 Å². The summed E-state index contributed by atoms with van der Waals surface area (Å²) < 4.78 is 6.97. The molecule has 0 spiro atoms. The molecule has 0 saturated carbocycles. The second-order valence-electron chi connectivity index (χ2n) is 6.11. The number of hydrogen-bond acceptors (Lipinski definition) is 4.